The summed E-state index contributed by atoms with van der Waals surface area (Å²) in [6, 6.07) is 9.82. The molecule has 118 valence electrons. The Morgan fingerprint density at radius 2 is 1.71 bits per heavy atom. The molecule has 2 atom stereocenters. The molecule has 1 amide bonds. The average Bonchev–Trinajstić information content (AvgIpc) is 2.47. The molecule has 0 saturated heterocycles. The van der Waals surface area contributed by atoms with Crippen LogP contribution in [0.25, 0.3) is 0 Å². The Bertz CT molecular complexity index is 412. The zero-order chi connectivity index (χ0) is 15.8. The molecule has 0 fully saturated rings. The van der Waals surface area contributed by atoms with E-state index in [1.807, 2.05) is 18.2 Å². The summed E-state index contributed by atoms with van der Waals surface area (Å²) in [6.45, 7) is 8.51. The van der Waals surface area contributed by atoms with Crippen LogP contribution in [0.3, 0.4) is 0 Å². The molecule has 3 nitrogen and oxygen atoms in total. The molecule has 0 aliphatic heterocycles. The third kappa shape index (κ3) is 5.50. The minimum atomic E-state index is -0.425. The molecule has 0 aliphatic carbocycles. The Morgan fingerprint density at radius 3 is 2.19 bits per heavy atom. The minimum absolute atomic E-state index is 0.0375. The molecule has 0 radical (unpaired) electrons. The number of hydrogen-bond donors (Lipinski definition) is 2. The first-order valence-corrected chi connectivity index (χ1v) is 8.10. The molecule has 0 bridgehead atoms. The van der Waals surface area contributed by atoms with E-state index in [2.05, 4.69) is 45.1 Å². The number of nitrogens with one attached hydrogen (secondary N) is 1. The van der Waals surface area contributed by atoms with Crippen molar-refractivity contribution in [3.8, 4) is 0 Å². The van der Waals surface area contributed by atoms with Crippen LogP contribution in [-0.2, 0) is 4.79 Å². The summed E-state index contributed by atoms with van der Waals surface area (Å²) >= 11 is 0. The van der Waals surface area contributed by atoms with Gasteiger partial charge in [-0.25, -0.2) is 0 Å². The first kappa shape index (κ1) is 17.7. The van der Waals surface area contributed by atoms with Crippen molar-refractivity contribution >= 4 is 5.91 Å². The maximum absolute atomic E-state index is 12.4. The van der Waals surface area contributed by atoms with E-state index in [1.165, 1.54) is 0 Å². The molecule has 2 unspecified atom stereocenters. The molecule has 21 heavy (non-hydrogen) atoms. The van der Waals surface area contributed by atoms with E-state index in [0.717, 1.165) is 24.8 Å². The molecule has 0 aliphatic rings. The van der Waals surface area contributed by atoms with Gasteiger partial charge in [0.2, 0.25) is 5.91 Å². The summed E-state index contributed by atoms with van der Waals surface area (Å²) in [4.78, 5) is 12.4. The maximum Gasteiger partial charge on any atom is 0.237 e. The van der Waals surface area contributed by atoms with Gasteiger partial charge in [-0.3, -0.25) is 4.79 Å². The first-order chi connectivity index (χ1) is 9.99. The molecule has 0 aromatic heterocycles. The van der Waals surface area contributed by atoms with Gasteiger partial charge in [-0.2, -0.15) is 0 Å². The second kappa shape index (κ2) is 8.83. The second-order valence-corrected chi connectivity index (χ2v) is 6.21. The monoisotopic (exact) mass is 290 g/mol. The van der Waals surface area contributed by atoms with Gasteiger partial charge in [0.15, 0.2) is 0 Å². The predicted octanol–water partition coefficient (Wildman–Crippen LogP) is 3.65. The van der Waals surface area contributed by atoms with Crippen LogP contribution in [0, 0.1) is 11.8 Å². The van der Waals surface area contributed by atoms with Crippen LogP contribution in [0.15, 0.2) is 30.3 Å². The van der Waals surface area contributed by atoms with Crippen molar-refractivity contribution in [1.82, 2.24) is 5.32 Å². The Morgan fingerprint density at radius 1 is 1.14 bits per heavy atom. The van der Waals surface area contributed by atoms with Crippen molar-refractivity contribution < 1.29 is 4.79 Å². The van der Waals surface area contributed by atoms with Gasteiger partial charge in [0.05, 0.1) is 12.1 Å². The molecule has 1 aromatic rings. The Hall–Kier alpha value is -1.35. The Kier molecular flexibility index (Phi) is 7.44. The third-order valence-corrected chi connectivity index (χ3v) is 4.04. The molecule has 3 N–H and O–H groups in total. The topological polar surface area (TPSA) is 55.1 Å². The lowest BCUT2D eigenvalue weighted by Crippen LogP contribution is -2.44. The van der Waals surface area contributed by atoms with Crippen LogP contribution < -0.4 is 11.1 Å². The standard InChI is InChI=1S/C18H30N2O/c1-5-14(6-2)17(15-10-8-7-9-11-15)20-18(21)16(19)12-13(3)4/h7-11,13-14,16-17H,5-6,12,19H2,1-4H3,(H,20,21). The van der Waals surface area contributed by atoms with Crippen LogP contribution in [0.1, 0.15) is 58.6 Å². The van der Waals surface area contributed by atoms with Crippen molar-refractivity contribution in [3.63, 3.8) is 0 Å². The van der Waals surface area contributed by atoms with Gasteiger partial charge in [-0.15, -0.1) is 0 Å². The highest BCUT2D eigenvalue weighted by atomic mass is 16.2. The van der Waals surface area contributed by atoms with Crippen LogP contribution in [0.2, 0.25) is 0 Å². The average molecular weight is 290 g/mol. The van der Waals surface area contributed by atoms with Crippen LogP contribution in [0.4, 0.5) is 0 Å². The highest BCUT2D eigenvalue weighted by Crippen LogP contribution is 2.27. The van der Waals surface area contributed by atoms with Gasteiger partial charge in [-0.1, -0.05) is 70.9 Å². The zero-order valence-corrected chi connectivity index (χ0v) is 13.8. The highest BCUT2D eigenvalue weighted by molar-refractivity contribution is 5.81. The molecule has 3 heteroatoms. The summed E-state index contributed by atoms with van der Waals surface area (Å²) in [5.41, 5.74) is 7.18. The maximum atomic E-state index is 12.4. The highest BCUT2D eigenvalue weighted by Gasteiger charge is 2.25. The van der Waals surface area contributed by atoms with E-state index in [-0.39, 0.29) is 11.9 Å². The van der Waals surface area contributed by atoms with E-state index in [0.29, 0.717) is 11.8 Å². The minimum Gasteiger partial charge on any atom is -0.348 e. The van der Waals surface area contributed by atoms with E-state index in [9.17, 15) is 4.79 Å². The van der Waals surface area contributed by atoms with Gasteiger partial charge in [0.1, 0.15) is 0 Å². The van der Waals surface area contributed by atoms with Gasteiger partial charge < -0.3 is 11.1 Å². The van der Waals surface area contributed by atoms with Crippen molar-refractivity contribution in [2.24, 2.45) is 17.6 Å². The number of carbonyl (C=O) groups is 1. The molecule has 1 aromatic carbocycles. The van der Waals surface area contributed by atoms with Gasteiger partial charge in [0, 0.05) is 0 Å². The molecular formula is C18H30N2O. The number of nitrogens with two attached hydrogens (primary N) is 1. The fraction of sp³-hybridized carbons (Fsp3) is 0.611. The predicted molar refractivity (Wildman–Crippen MR) is 88.8 cm³/mol. The zero-order valence-electron chi connectivity index (χ0n) is 13.8. The normalized spacial score (nSPS) is 14.2. The van der Waals surface area contributed by atoms with Gasteiger partial charge in [-0.05, 0) is 23.8 Å². The second-order valence-electron chi connectivity index (χ2n) is 6.21. The quantitative estimate of drug-likeness (QED) is 0.767. The summed E-state index contributed by atoms with van der Waals surface area (Å²) in [7, 11) is 0. The van der Waals surface area contributed by atoms with E-state index < -0.39 is 6.04 Å². The summed E-state index contributed by atoms with van der Waals surface area (Å²) in [6.07, 6.45) is 2.79. The Balaban J connectivity index is 2.85. The van der Waals surface area contributed by atoms with Gasteiger partial charge >= 0.3 is 0 Å². The first-order valence-electron chi connectivity index (χ1n) is 8.10. The van der Waals surface area contributed by atoms with Gasteiger partial charge in [0.25, 0.3) is 0 Å². The number of hydrogen-bond acceptors (Lipinski definition) is 2. The fourth-order valence-corrected chi connectivity index (χ4v) is 2.77. The largest absolute Gasteiger partial charge is 0.348 e. The van der Waals surface area contributed by atoms with Crippen LogP contribution in [0.5, 0.6) is 0 Å². The number of amides is 1. The fourth-order valence-electron chi connectivity index (χ4n) is 2.77. The van der Waals surface area contributed by atoms with Crippen molar-refractivity contribution in [1.29, 1.82) is 0 Å². The number of rotatable bonds is 8. The number of benzene rings is 1. The summed E-state index contributed by atoms with van der Waals surface area (Å²) in [5.74, 6) is 0.820. The molecule has 0 heterocycles. The molecule has 0 saturated carbocycles. The lowest BCUT2D eigenvalue weighted by molar-refractivity contribution is -0.123. The molecule has 0 spiro atoms. The third-order valence-electron chi connectivity index (χ3n) is 4.04. The lowest BCUT2D eigenvalue weighted by atomic mass is 9.88. The Labute approximate surface area is 129 Å². The van der Waals surface area contributed by atoms with Crippen LogP contribution >= 0.6 is 0 Å². The van der Waals surface area contributed by atoms with E-state index in [1.54, 1.807) is 0 Å². The van der Waals surface area contributed by atoms with E-state index in [4.69, 9.17) is 5.73 Å². The summed E-state index contributed by atoms with van der Waals surface area (Å²) < 4.78 is 0. The van der Waals surface area contributed by atoms with Crippen molar-refractivity contribution in [2.75, 3.05) is 0 Å². The number of carbonyl (C=O) groups excluding carboxylic acids is 1. The van der Waals surface area contributed by atoms with Crippen LogP contribution in [-0.4, -0.2) is 11.9 Å². The van der Waals surface area contributed by atoms with E-state index >= 15 is 0 Å². The smallest absolute Gasteiger partial charge is 0.237 e. The lowest BCUT2D eigenvalue weighted by Gasteiger charge is -2.28. The van der Waals surface area contributed by atoms with Crippen molar-refractivity contribution in [2.45, 2.75) is 59.0 Å². The molecule has 1 rings (SSSR count). The SMILES string of the molecule is CCC(CC)C(NC(=O)C(N)CC(C)C)c1ccccc1. The molecular weight excluding hydrogens is 260 g/mol. The summed E-state index contributed by atoms with van der Waals surface area (Å²) in [5, 5.41) is 3.18. The van der Waals surface area contributed by atoms with Crippen molar-refractivity contribution in [3.05, 3.63) is 35.9 Å².